The summed E-state index contributed by atoms with van der Waals surface area (Å²) >= 11 is 0. The molecule has 9 nitrogen and oxygen atoms in total. The fourth-order valence-corrected chi connectivity index (χ4v) is 4.06. The Morgan fingerprint density at radius 3 is 2.87 bits per heavy atom. The molecular formula is C21H22N6O3. The lowest BCUT2D eigenvalue weighted by Crippen LogP contribution is -2.29. The van der Waals surface area contributed by atoms with Crippen LogP contribution in [0.4, 0.5) is 0 Å². The predicted molar refractivity (Wildman–Crippen MR) is 108 cm³/mol. The van der Waals surface area contributed by atoms with Crippen LogP contribution in [0.5, 0.6) is 0 Å². The van der Waals surface area contributed by atoms with Gasteiger partial charge in [-0.05, 0) is 31.2 Å². The van der Waals surface area contributed by atoms with Gasteiger partial charge in [-0.25, -0.2) is 0 Å². The second-order valence-electron chi connectivity index (χ2n) is 7.85. The molecule has 2 atom stereocenters. The number of aryl methyl sites for hydroxylation is 2. The largest absolute Gasteiger partial charge is 0.391 e. The smallest absolute Gasteiger partial charge is 0.255 e. The summed E-state index contributed by atoms with van der Waals surface area (Å²) in [7, 11) is 1.94. The molecule has 5 heterocycles. The first kappa shape index (κ1) is 18.6. The number of amides is 1. The lowest BCUT2D eigenvalue weighted by molar-refractivity contribution is 0.0764. The normalized spacial score (nSPS) is 19.1. The number of pyridine rings is 1. The molecule has 30 heavy (non-hydrogen) atoms. The molecule has 154 valence electrons. The van der Waals surface area contributed by atoms with E-state index in [2.05, 4.69) is 15.4 Å². The van der Waals surface area contributed by atoms with Gasteiger partial charge in [0.15, 0.2) is 11.5 Å². The van der Waals surface area contributed by atoms with Crippen LogP contribution in [0.15, 0.2) is 47.2 Å². The van der Waals surface area contributed by atoms with Crippen molar-refractivity contribution in [2.24, 2.45) is 13.0 Å². The summed E-state index contributed by atoms with van der Waals surface area (Å²) in [4.78, 5) is 14.8. The highest BCUT2D eigenvalue weighted by Crippen LogP contribution is 2.24. The van der Waals surface area contributed by atoms with E-state index in [1.54, 1.807) is 23.2 Å². The number of aliphatic hydroxyl groups is 1. The van der Waals surface area contributed by atoms with Crippen LogP contribution >= 0.6 is 0 Å². The molecule has 4 aromatic rings. The lowest BCUT2D eigenvalue weighted by Gasteiger charge is -2.16. The van der Waals surface area contributed by atoms with Crippen LogP contribution in [0.3, 0.4) is 0 Å². The van der Waals surface area contributed by atoms with Crippen LogP contribution in [-0.4, -0.2) is 59.4 Å². The van der Waals surface area contributed by atoms with Crippen LogP contribution in [-0.2, 0) is 13.5 Å². The van der Waals surface area contributed by atoms with Gasteiger partial charge in [-0.3, -0.25) is 9.20 Å². The summed E-state index contributed by atoms with van der Waals surface area (Å²) in [6, 6.07) is 9.29. The molecule has 0 unspecified atom stereocenters. The fourth-order valence-electron chi connectivity index (χ4n) is 4.06. The molecule has 0 aromatic carbocycles. The summed E-state index contributed by atoms with van der Waals surface area (Å²) in [5, 5.41) is 22.9. The lowest BCUT2D eigenvalue weighted by atomic mass is 10.0. The first-order chi connectivity index (χ1) is 14.5. The van der Waals surface area contributed by atoms with Gasteiger partial charge in [0.2, 0.25) is 0 Å². The summed E-state index contributed by atoms with van der Waals surface area (Å²) in [5.74, 6) is 1.19. The highest BCUT2D eigenvalue weighted by atomic mass is 16.5. The number of fused-ring (bicyclic) bond motifs is 1. The van der Waals surface area contributed by atoms with Crippen molar-refractivity contribution in [1.82, 2.24) is 29.2 Å². The van der Waals surface area contributed by atoms with Crippen molar-refractivity contribution in [2.75, 3.05) is 13.1 Å². The van der Waals surface area contributed by atoms with Gasteiger partial charge in [0, 0.05) is 50.9 Å². The SMILES string of the molecule is Cc1cc(C[C@@H]2CN(C(=O)c3ccc4nnc(-c5cccn5C)n4c3)C[C@H]2O)on1. The second kappa shape index (κ2) is 7.10. The van der Waals surface area contributed by atoms with Crippen LogP contribution in [0.2, 0.25) is 0 Å². The van der Waals surface area contributed by atoms with Crippen molar-refractivity contribution in [2.45, 2.75) is 19.4 Å². The number of aromatic nitrogens is 5. The Morgan fingerprint density at radius 2 is 2.13 bits per heavy atom. The highest BCUT2D eigenvalue weighted by Gasteiger charge is 2.35. The first-order valence-electron chi connectivity index (χ1n) is 9.85. The van der Waals surface area contributed by atoms with Gasteiger partial charge < -0.3 is 19.1 Å². The molecule has 1 saturated heterocycles. The Bertz CT molecular complexity index is 1220. The van der Waals surface area contributed by atoms with Gasteiger partial charge in [0.25, 0.3) is 5.91 Å². The average molecular weight is 406 g/mol. The Hall–Kier alpha value is -3.46. The molecular weight excluding hydrogens is 384 g/mol. The number of β-amino-alcohol motifs (C(OH)–C–C–N with tert-alkyl or cyclic N) is 1. The predicted octanol–water partition coefficient (Wildman–Crippen LogP) is 1.71. The number of carbonyl (C=O) groups is 1. The van der Waals surface area contributed by atoms with E-state index in [9.17, 15) is 9.90 Å². The van der Waals surface area contributed by atoms with Crippen molar-refractivity contribution in [3.63, 3.8) is 0 Å². The van der Waals surface area contributed by atoms with E-state index in [-0.39, 0.29) is 11.8 Å². The molecule has 4 aromatic heterocycles. The Morgan fingerprint density at radius 1 is 1.27 bits per heavy atom. The average Bonchev–Trinajstić information content (AvgIpc) is 3.50. The molecule has 1 aliphatic rings. The van der Waals surface area contributed by atoms with Gasteiger partial charge in [0.1, 0.15) is 5.76 Å². The van der Waals surface area contributed by atoms with Crippen molar-refractivity contribution in [3.8, 4) is 11.5 Å². The van der Waals surface area contributed by atoms with Gasteiger partial charge in [-0.1, -0.05) is 5.16 Å². The molecule has 1 amide bonds. The zero-order valence-corrected chi connectivity index (χ0v) is 16.8. The van der Waals surface area contributed by atoms with E-state index in [1.807, 2.05) is 47.3 Å². The molecule has 0 saturated carbocycles. The summed E-state index contributed by atoms with van der Waals surface area (Å²) in [6.07, 6.45) is 3.65. The van der Waals surface area contributed by atoms with Crippen LogP contribution < -0.4 is 0 Å². The summed E-state index contributed by atoms with van der Waals surface area (Å²) in [5.41, 5.74) is 2.91. The Labute approximate surface area is 172 Å². The second-order valence-corrected chi connectivity index (χ2v) is 7.85. The third kappa shape index (κ3) is 3.17. The van der Waals surface area contributed by atoms with Crippen molar-refractivity contribution >= 4 is 11.6 Å². The number of carbonyl (C=O) groups excluding carboxylic acids is 1. The molecule has 5 rings (SSSR count). The molecule has 0 spiro atoms. The van der Waals surface area contributed by atoms with Gasteiger partial charge in [0.05, 0.1) is 23.1 Å². The monoisotopic (exact) mass is 406 g/mol. The first-order valence-corrected chi connectivity index (χ1v) is 9.85. The van der Waals surface area contributed by atoms with E-state index in [0.717, 1.165) is 17.1 Å². The summed E-state index contributed by atoms with van der Waals surface area (Å²) in [6.45, 7) is 2.62. The summed E-state index contributed by atoms with van der Waals surface area (Å²) < 4.78 is 9.05. The zero-order valence-electron chi connectivity index (χ0n) is 16.8. The van der Waals surface area contributed by atoms with Crippen molar-refractivity contribution in [1.29, 1.82) is 0 Å². The quantitative estimate of drug-likeness (QED) is 0.554. The third-order valence-corrected chi connectivity index (χ3v) is 5.66. The maximum atomic E-state index is 13.1. The molecule has 1 N–H and O–H groups in total. The molecule has 1 aliphatic heterocycles. The van der Waals surface area contributed by atoms with Crippen LogP contribution in [0.1, 0.15) is 21.8 Å². The standard InChI is InChI=1S/C21H22N6O3/c1-13-8-16(30-24-13)9-15-10-26(12-18(15)28)21(29)14-5-6-19-22-23-20(27(19)11-14)17-4-3-7-25(17)2/h3-8,11,15,18,28H,9-10,12H2,1-2H3/t15-,18-/m1/s1. The molecule has 0 bridgehead atoms. The molecule has 9 heteroatoms. The number of nitrogens with zero attached hydrogens (tertiary/aromatic N) is 6. The van der Waals surface area contributed by atoms with E-state index in [1.165, 1.54) is 0 Å². The topological polar surface area (TPSA) is 102 Å². The zero-order chi connectivity index (χ0) is 20.8. The van der Waals surface area contributed by atoms with E-state index in [0.29, 0.717) is 36.5 Å². The number of hydrogen-bond donors (Lipinski definition) is 1. The molecule has 0 radical (unpaired) electrons. The number of likely N-dealkylation sites (tertiary alicyclic amines) is 1. The number of hydrogen-bond acceptors (Lipinski definition) is 6. The van der Waals surface area contributed by atoms with E-state index in [4.69, 9.17) is 4.52 Å². The maximum Gasteiger partial charge on any atom is 0.255 e. The van der Waals surface area contributed by atoms with Gasteiger partial charge >= 0.3 is 0 Å². The minimum Gasteiger partial charge on any atom is -0.391 e. The van der Waals surface area contributed by atoms with Crippen LogP contribution in [0, 0.1) is 12.8 Å². The van der Waals surface area contributed by atoms with Crippen molar-refractivity contribution < 1.29 is 14.4 Å². The number of aliphatic hydroxyl groups excluding tert-OH is 1. The fraction of sp³-hybridized carbons (Fsp3) is 0.333. The number of rotatable bonds is 4. The minimum atomic E-state index is -0.600. The Balaban J connectivity index is 1.39. The van der Waals surface area contributed by atoms with Crippen molar-refractivity contribution in [3.05, 3.63) is 59.7 Å². The molecule has 1 fully saturated rings. The van der Waals surface area contributed by atoms with Crippen LogP contribution in [0.25, 0.3) is 17.2 Å². The van der Waals surface area contributed by atoms with E-state index >= 15 is 0 Å². The third-order valence-electron chi connectivity index (χ3n) is 5.66. The highest BCUT2D eigenvalue weighted by molar-refractivity contribution is 5.94. The maximum absolute atomic E-state index is 13.1. The van der Waals surface area contributed by atoms with E-state index < -0.39 is 6.10 Å². The van der Waals surface area contributed by atoms with Gasteiger partial charge in [-0.2, -0.15) is 0 Å². The molecule has 0 aliphatic carbocycles. The minimum absolute atomic E-state index is 0.0844. The Kier molecular flexibility index (Phi) is 4.39. The van der Waals surface area contributed by atoms with Gasteiger partial charge in [-0.15, -0.1) is 10.2 Å².